The SMILES string of the molecule is Nc1cccn2c(CCN3CCOCC3)ncc12. The van der Waals surface area contributed by atoms with E-state index in [1.807, 2.05) is 24.5 Å². The molecule has 0 aliphatic carbocycles. The fourth-order valence-corrected chi connectivity index (χ4v) is 2.37. The maximum absolute atomic E-state index is 5.92. The molecule has 1 fully saturated rings. The molecule has 0 amide bonds. The fraction of sp³-hybridized carbons (Fsp3) is 0.462. The number of nitrogens with zero attached hydrogens (tertiary/aromatic N) is 3. The number of hydrogen-bond acceptors (Lipinski definition) is 4. The lowest BCUT2D eigenvalue weighted by Crippen LogP contribution is -2.37. The molecule has 1 aliphatic heterocycles. The van der Waals surface area contributed by atoms with Crippen LogP contribution in [0.3, 0.4) is 0 Å². The Morgan fingerprint density at radius 2 is 2.17 bits per heavy atom. The van der Waals surface area contributed by atoms with Crippen molar-refractivity contribution in [2.24, 2.45) is 0 Å². The van der Waals surface area contributed by atoms with Crippen LogP contribution in [0.15, 0.2) is 24.5 Å². The topological polar surface area (TPSA) is 55.8 Å². The van der Waals surface area contributed by atoms with Gasteiger partial charge in [0.2, 0.25) is 0 Å². The van der Waals surface area contributed by atoms with E-state index in [4.69, 9.17) is 10.5 Å². The van der Waals surface area contributed by atoms with Gasteiger partial charge in [0.15, 0.2) is 0 Å². The van der Waals surface area contributed by atoms with Gasteiger partial charge >= 0.3 is 0 Å². The summed E-state index contributed by atoms with van der Waals surface area (Å²) in [4.78, 5) is 6.88. The summed E-state index contributed by atoms with van der Waals surface area (Å²) in [6, 6.07) is 3.87. The summed E-state index contributed by atoms with van der Waals surface area (Å²) < 4.78 is 7.42. The van der Waals surface area contributed by atoms with Crippen molar-refractivity contribution in [3.63, 3.8) is 0 Å². The largest absolute Gasteiger partial charge is 0.397 e. The summed E-state index contributed by atoms with van der Waals surface area (Å²) >= 11 is 0. The highest BCUT2D eigenvalue weighted by Gasteiger charge is 2.12. The molecule has 0 radical (unpaired) electrons. The average Bonchev–Trinajstić information content (AvgIpc) is 2.82. The number of imidazole rings is 1. The Kier molecular flexibility index (Phi) is 3.17. The minimum Gasteiger partial charge on any atom is -0.397 e. The predicted octanol–water partition coefficient (Wildman–Crippen LogP) is 0.791. The van der Waals surface area contributed by atoms with Crippen LogP contribution in [0.1, 0.15) is 5.82 Å². The predicted molar refractivity (Wildman–Crippen MR) is 70.6 cm³/mol. The molecule has 1 saturated heterocycles. The van der Waals surface area contributed by atoms with Crippen molar-refractivity contribution in [2.45, 2.75) is 6.42 Å². The summed E-state index contributed by atoms with van der Waals surface area (Å²) in [5.41, 5.74) is 7.70. The molecule has 2 aromatic heterocycles. The number of ether oxygens (including phenoxy) is 1. The van der Waals surface area contributed by atoms with E-state index in [0.717, 1.165) is 56.3 Å². The summed E-state index contributed by atoms with van der Waals surface area (Å²) in [7, 11) is 0. The quantitative estimate of drug-likeness (QED) is 0.870. The monoisotopic (exact) mass is 246 g/mol. The van der Waals surface area contributed by atoms with Gasteiger partial charge in [-0.05, 0) is 12.1 Å². The van der Waals surface area contributed by atoms with Gasteiger partial charge in [0.25, 0.3) is 0 Å². The second-order valence-electron chi connectivity index (χ2n) is 4.60. The van der Waals surface area contributed by atoms with Gasteiger partial charge in [-0.25, -0.2) is 4.98 Å². The summed E-state index contributed by atoms with van der Waals surface area (Å²) in [5, 5.41) is 0. The third kappa shape index (κ3) is 2.19. The van der Waals surface area contributed by atoms with Crippen LogP contribution >= 0.6 is 0 Å². The average molecular weight is 246 g/mol. The maximum Gasteiger partial charge on any atom is 0.114 e. The van der Waals surface area contributed by atoms with Crippen molar-refractivity contribution in [3.05, 3.63) is 30.4 Å². The van der Waals surface area contributed by atoms with E-state index in [-0.39, 0.29) is 0 Å². The molecule has 5 heteroatoms. The Labute approximate surface area is 106 Å². The Balaban J connectivity index is 1.72. The molecule has 18 heavy (non-hydrogen) atoms. The Bertz CT molecular complexity index is 531. The van der Waals surface area contributed by atoms with Gasteiger partial charge in [0.1, 0.15) is 5.82 Å². The van der Waals surface area contributed by atoms with E-state index < -0.39 is 0 Å². The number of morpholine rings is 1. The molecule has 3 heterocycles. The van der Waals surface area contributed by atoms with Crippen LogP contribution in [0, 0.1) is 0 Å². The zero-order valence-electron chi connectivity index (χ0n) is 10.4. The second-order valence-corrected chi connectivity index (χ2v) is 4.60. The van der Waals surface area contributed by atoms with E-state index in [9.17, 15) is 0 Å². The number of nitrogens with two attached hydrogens (primary N) is 1. The summed E-state index contributed by atoms with van der Waals surface area (Å²) in [6.07, 6.45) is 4.81. The minimum atomic E-state index is 0.780. The summed E-state index contributed by atoms with van der Waals surface area (Å²) in [5.74, 6) is 1.07. The van der Waals surface area contributed by atoms with E-state index in [1.54, 1.807) is 0 Å². The number of nitrogen functional groups attached to an aromatic ring is 1. The first-order valence-electron chi connectivity index (χ1n) is 6.35. The molecule has 96 valence electrons. The Morgan fingerprint density at radius 1 is 1.33 bits per heavy atom. The van der Waals surface area contributed by atoms with E-state index >= 15 is 0 Å². The summed E-state index contributed by atoms with van der Waals surface area (Å²) in [6.45, 7) is 4.75. The lowest BCUT2D eigenvalue weighted by atomic mass is 10.3. The molecule has 2 aromatic rings. The molecule has 0 saturated carbocycles. The highest BCUT2D eigenvalue weighted by atomic mass is 16.5. The van der Waals surface area contributed by atoms with Crippen molar-refractivity contribution < 1.29 is 4.74 Å². The normalized spacial score (nSPS) is 17.3. The van der Waals surface area contributed by atoms with Crippen LogP contribution in [0.5, 0.6) is 0 Å². The smallest absolute Gasteiger partial charge is 0.114 e. The zero-order chi connectivity index (χ0) is 12.4. The first-order valence-corrected chi connectivity index (χ1v) is 6.35. The first-order chi connectivity index (χ1) is 8.84. The molecule has 2 N–H and O–H groups in total. The highest BCUT2D eigenvalue weighted by molar-refractivity contribution is 5.68. The van der Waals surface area contributed by atoms with Crippen molar-refractivity contribution in [1.29, 1.82) is 0 Å². The van der Waals surface area contributed by atoms with Gasteiger partial charge in [0.05, 0.1) is 30.6 Å². The minimum absolute atomic E-state index is 0.780. The van der Waals surface area contributed by atoms with Crippen LogP contribution in [0.2, 0.25) is 0 Å². The van der Waals surface area contributed by atoms with Crippen LogP contribution < -0.4 is 5.73 Å². The van der Waals surface area contributed by atoms with Crippen molar-refractivity contribution in [2.75, 3.05) is 38.6 Å². The van der Waals surface area contributed by atoms with E-state index in [1.165, 1.54) is 0 Å². The maximum atomic E-state index is 5.92. The van der Waals surface area contributed by atoms with E-state index in [2.05, 4.69) is 14.3 Å². The number of hydrogen-bond donors (Lipinski definition) is 1. The number of anilines is 1. The van der Waals surface area contributed by atoms with Crippen LogP contribution in [-0.4, -0.2) is 47.1 Å². The molecule has 0 atom stereocenters. The molecular formula is C13H18N4O. The standard InChI is InChI=1S/C13H18N4O/c14-11-2-1-4-17-12(11)10-15-13(17)3-5-16-6-8-18-9-7-16/h1-2,4,10H,3,5-9,14H2. The zero-order valence-corrected chi connectivity index (χ0v) is 10.4. The fourth-order valence-electron chi connectivity index (χ4n) is 2.37. The molecule has 3 rings (SSSR count). The number of pyridine rings is 1. The van der Waals surface area contributed by atoms with Crippen LogP contribution in [-0.2, 0) is 11.2 Å². The molecule has 0 unspecified atom stereocenters. The number of aromatic nitrogens is 2. The first kappa shape index (κ1) is 11.5. The van der Waals surface area contributed by atoms with Gasteiger partial charge in [-0.3, -0.25) is 4.90 Å². The molecule has 0 bridgehead atoms. The van der Waals surface area contributed by atoms with Gasteiger partial charge in [-0.1, -0.05) is 0 Å². The van der Waals surface area contributed by atoms with Crippen LogP contribution in [0.4, 0.5) is 5.69 Å². The third-order valence-electron chi connectivity index (χ3n) is 3.44. The van der Waals surface area contributed by atoms with Gasteiger partial charge in [0, 0.05) is 32.3 Å². The number of rotatable bonds is 3. The van der Waals surface area contributed by atoms with Crippen LogP contribution in [0.25, 0.3) is 5.52 Å². The molecular weight excluding hydrogens is 228 g/mol. The number of fused-ring (bicyclic) bond motifs is 1. The molecule has 0 spiro atoms. The molecule has 5 nitrogen and oxygen atoms in total. The van der Waals surface area contributed by atoms with Crippen molar-refractivity contribution in [3.8, 4) is 0 Å². The van der Waals surface area contributed by atoms with E-state index in [0.29, 0.717) is 0 Å². The second kappa shape index (κ2) is 4.96. The van der Waals surface area contributed by atoms with Gasteiger partial charge in [-0.2, -0.15) is 0 Å². The highest BCUT2D eigenvalue weighted by Crippen LogP contribution is 2.14. The molecule has 0 aromatic carbocycles. The molecule has 1 aliphatic rings. The Morgan fingerprint density at radius 3 is 3.00 bits per heavy atom. The van der Waals surface area contributed by atoms with Crippen molar-refractivity contribution in [1.82, 2.24) is 14.3 Å². The lowest BCUT2D eigenvalue weighted by Gasteiger charge is -2.26. The van der Waals surface area contributed by atoms with Gasteiger partial charge < -0.3 is 14.9 Å². The lowest BCUT2D eigenvalue weighted by molar-refractivity contribution is 0.0382. The Hall–Kier alpha value is -1.59. The third-order valence-corrected chi connectivity index (χ3v) is 3.44. The van der Waals surface area contributed by atoms with Crippen molar-refractivity contribution >= 4 is 11.2 Å². The van der Waals surface area contributed by atoms with Gasteiger partial charge in [-0.15, -0.1) is 0 Å².